The van der Waals surface area contributed by atoms with E-state index in [-0.39, 0.29) is 28.9 Å². The number of nitrogens with zero attached hydrogens (tertiary/aromatic N) is 1. The topological polar surface area (TPSA) is 83.2 Å². The maximum atomic E-state index is 13.5. The molecule has 0 aromatic heterocycles. The van der Waals surface area contributed by atoms with Gasteiger partial charge in [0.05, 0.1) is 19.6 Å². The van der Waals surface area contributed by atoms with Crippen molar-refractivity contribution in [1.82, 2.24) is 10.2 Å². The van der Waals surface area contributed by atoms with Gasteiger partial charge >= 0.3 is 0 Å². The first kappa shape index (κ1) is 24.2. The minimum absolute atomic E-state index is 0.0267. The molecule has 2 aromatic carbocycles. The summed E-state index contributed by atoms with van der Waals surface area (Å²) in [6.07, 6.45) is 1.54. The van der Waals surface area contributed by atoms with Crippen LogP contribution in [0, 0.1) is 5.92 Å². The van der Waals surface area contributed by atoms with E-state index in [4.69, 9.17) is 9.47 Å². The Balaban J connectivity index is 1.54. The first-order valence-electron chi connectivity index (χ1n) is 11.8. The lowest BCUT2D eigenvalue weighted by molar-refractivity contribution is -0.141. The third-order valence-electron chi connectivity index (χ3n) is 6.84. The Hall–Kier alpha value is -2.90. The monoisotopic (exact) mass is 465 g/mol. The molecule has 2 fully saturated rings. The minimum atomic E-state index is -0.770. The number of amides is 2. The Morgan fingerprint density at radius 3 is 2.29 bits per heavy atom. The van der Waals surface area contributed by atoms with Crippen molar-refractivity contribution in [3.63, 3.8) is 0 Å². The molecule has 3 unspecified atom stereocenters. The van der Waals surface area contributed by atoms with Gasteiger partial charge in [-0.1, -0.05) is 45.0 Å². The van der Waals surface area contributed by atoms with Crippen LogP contribution in [0.3, 0.4) is 0 Å². The average Bonchev–Trinajstić information content (AvgIpc) is 3.58. The van der Waals surface area contributed by atoms with Crippen LogP contribution in [0.1, 0.15) is 50.8 Å². The summed E-state index contributed by atoms with van der Waals surface area (Å²) in [5.74, 6) is 0.192. The van der Waals surface area contributed by atoms with Crippen molar-refractivity contribution in [1.29, 1.82) is 0 Å². The van der Waals surface area contributed by atoms with Gasteiger partial charge in [0, 0.05) is 19.3 Å². The highest BCUT2D eigenvalue weighted by atomic mass is 16.6. The van der Waals surface area contributed by atoms with Crippen molar-refractivity contribution in [2.24, 2.45) is 5.92 Å². The summed E-state index contributed by atoms with van der Waals surface area (Å²) in [7, 11) is 3.31. The highest BCUT2D eigenvalue weighted by Gasteiger charge is 2.48. The second kappa shape index (κ2) is 9.39. The van der Waals surface area contributed by atoms with Crippen molar-refractivity contribution in [3.8, 4) is 5.75 Å². The SMILES string of the molecule is COc1ccc(C(C(=O)Nc2ccc(C(C)(C)C)cc2)N(C)C(=O)C2CCC3(CO3)NC2)cc1. The number of hydrogen-bond acceptors (Lipinski definition) is 5. The van der Waals surface area contributed by atoms with Crippen molar-refractivity contribution in [2.75, 3.05) is 32.6 Å². The largest absolute Gasteiger partial charge is 0.497 e. The molecule has 182 valence electrons. The van der Waals surface area contributed by atoms with E-state index < -0.39 is 6.04 Å². The molecule has 0 bridgehead atoms. The summed E-state index contributed by atoms with van der Waals surface area (Å²) in [4.78, 5) is 28.5. The number of rotatable bonds is 6. The molecular weight excluding hydrogens is 430 g/mol. The zero-order valence-electron chi connectivity index (χ0n) is 20.7. The summed E-state index contributed by atoms with van der Waals surface area (Å²) < 4.78 is 10.8. The molecule has 2 N–H and O–H groups in total. The second-order valence-corrected chi connectivity index (χ2v) is 10.3. The Morgan fingerprint density at radius 2 is 1.79 bits per heavy atom. The van der Waals surface area contributed by atoms with E-state index in [1.165, 1.54) is 5.56 Å². The highest BCUT2D eigenvalue weighted by molar-refractivity contribution is 5.98. The Morgan fingerprint density at radius 1 is 1.15 bits per heavy atom. The number of epoxide rings is 1. The predicted molar refractivity (Wildman–Crippen MR) is 132 cm³/mol. The lowest BCUT2D eigenvalue weighted by Gasteiger charge is -2.34. The molecule has 1 spiro atoms. The zero-order valence-corrected chi connectivity index (χ0v) is 20.7. The summed E-state index contributed by atoms with van der Waals surface area (Å²) in [6.45, 7) is 7.71. The van der Waals surface area contributed by atoms with Crippen LogP contribution in [0.5, 0.6) is 5.75 Å². The number of ether oxygens (including phenoxy) is 2. The first-order chi connectivity index (χ1) is 16.1. The third-order valence-corrected chi connectivity index (χ3v) is 6.84. The van der Waals surface area contributed by atoms with Gasteiger partial charge in [-0.15, -0.1) is 0 Å². The fraction of sp³-hybridized carbons (Fsp3) is 0.481. The van der Waals surface area contributed by atoms with E-state index in [0.29, 0.717) is 24.6 Å². The number of benzene rings is 2. The lowest BCUT2D eigenvalue weighted by Crippen LogP contribution is -2.49. The van der Waals surface area contributed by atoms with Crippen LogP contribution in [0.25, 0.3) is 0 Å². The van der Waals surface area contributed by atoms with Crippen LogP contribution in [0.15, 0.2) is 48.5 Å². The van der Waals surface area contributed by atoms with E-state index in [1.54, 1.807) is 19.1 Å². The maximum absolute atomic E-state index is 13.5. The zero-order chi connectivity index (χ0) is 24.5. The third kappa shape index (κ3) is 5.26. The summed E-state index contributed by atoms with van der Waals surface area (Å²) >= 11 is 0. The normalized spacial score (nSPS) is 22.7. The second-order valence-electron chi connectivity index (χ2n) is 10.3. The van der Waals surface area contributed by atoms with Crippen LogP contribution in [0.2, 0.25) is 0 Å². The van der Waals surface area contributed by atoms with Crippen molar-refractivity contribution < 1.29 is 19.1 Å². The summed E-state index contributed by atoms with van der Waals surface area (Å²) in [5, 5.41) is 6.36. The number of anilines is 1. The number of methoxy groups -OCH3 is 1. The number of nitrogens with one attached hydrogen (secondary N) is 2. The Bertz CT molecular complexity index is 1010. The molecule has 0 radical (unpaired) electrons. The quantitative estimate of drug-likeness (QED) is 0.633. The first-order valence-corrected chi connectivity index (χ1v) is 11.8. The molecule has 0 saturated carbocycles. The van der Waals surface area contributed by atoms with Crippen molar-refractivity contribution >= 4 is 17.5 Å². The van der Waals surface area contributed by atoms with Gasteiger partial charge in [0.1, 0.15) is 17.5 Å². The number of likely N-dealkylation sites (N-methyl/N-ethyl adjacent to an activating group) is 1. The molecule has 7 heteroatoms. The number of carbonyl (C=O) groups excluding carboxylic acids is 2. The molecule has 7 nitrogen and oxygen atoms in total. The van der Waals surface area contributed by atoms with Crippen LogP contribution in [-0.4, -0.2) is 49.7 Å². The van der Waals surface area contributed by atoms with Gasteiger partial charge in [0.15, 0.2) is 0 Å². The number of carbonyl (C=O) groups is 2. The number of hydrogen-bond donors (Lipinski definition) is 2. The van der Waals surface area contributed by atoms with Gasteiger partial charge in [-0.2, -0.15) is 0 Å². The van der Waals surface area contributed by atoms with Crippen molar-refractivity contribution in [2.45, 2.75) is 50.8 Å². The summed E-state index contributed by atoms with van der Waals surface area (Å²) in [5.41, 5.74) is 2.42. The van der Waals surface area contributed by atoms with Crippen LogP contribution < -0.4 is 15.4 Å². The molecule has 2 aliphatic heterocycles. The average molecular weight is 466 g/mol. The maximum Gasteiger partial charge on any atom is 0.251 e. The van der Waals surface area contributed by atoms with E-state index in [2.05, 4.69) is 31.4 Å². The van der Waals surface area contributed by atoms with E-state index in [0.717, 1.165) is 18.4 Å². The minimum Gasteiger partial charge on any atom is -0.497 e. The van der Waals surface area contributed by atoms with Gasteiger partial charge in [-0.25, -0.2) is 0 Å². The highest BCUT2D eigenvalue weighted by Crippen LogP contribution is 2.35. The van der Waals surface area contributed by atoms with E-state index in [9.17, 15) is 9.59 Å². The van der Waals surface area contributed by atoms with Crippen LogP contribution in [0.4, 0.5) is 5.69 Å². The van der Waals surface area contributed by atoms with Gasteiger partial charge < -0.3 is 19.7 Å². The number of piperidine rings is 1. The Labute approximate surface area is 201 Å². The van der Waals surface area contributed by atoms with Gasteiger partial charge in [0.2, 0.25) is 5.91 Å². The van der Waals surface area contributed by atoms with Gasteiger partial charge in [-0.3, -0.25) is 14.9 Å². The molecule has 2 amide bonds. The predicted octanol–water partition coefficient (Wildman–Crippen LogP) is 3.86. The Kier molecular flexibility index (Phi) is 6.69. The molecule has 2 saturated heterocycles. The lowest BCUT2D eigenvalue weighted by atomic mass is 9.87. The van der Waals surface area contributed by atoms with Gasteiger partial charge in [-0.05, 0) is 53.6 Å². The molecule has 2 heterocycles. The van der Waals surface area contributed by atoms with Crippen molar-refractivity contribution in [3.05, 3.63) is 59.7 Å². The molecule has 3 atom stereocenters. The fourth-order valence-electron chi connectivity index (χ4n) is 4.47. The van der Waals surface area contributed by atoms with E-state index in [1.807, 2.05) is 48.5 Å². The van der Waals surface area contributed by atoms with Crippen LogP contribution >= 0.6 is 0 Å². The standard InChI is InChI=1S/C27H35N3O4/c1-26(2,3)20-8-10-21(11-9-20)29-24(31)23(18-6-12-22(33-5)13-7-18)30(4)25(32)19-14-15-27(17-34-27)28-16-19/h6-13,19,23,28H,14-17H2,1-5H3,(H,29,31). The molecule has 2 aliphatic rings. The molecular formula is C27H35N3O4. The molecule has 34 heavy (non-hydrogen) atoms. The fourth-order valence-corrected chi connectivity index (χ4v) is 4.47. The summed E-state index contributed by atoms with van der Waals surface area (Å²) in [6, 6.07) is 14.4. The molecule has 0 aliphatic carbocycles. The molecule has 2 aromatic rings. The molecule has 4 rings (SSSR count). The van der Waals surface area contributed by atoms with E-state index >= 15 is 0 Å². The van der Waals surface area contributed by atoms with Gasteiger partial charge in [0.25, 0.3) is 5.91 Å². The van der Waals surface area contributed by atoms with Crippen LogP contribution in [-0.2, 0) is 19.7 Å². The smallest absolute Gasteiger partial charge is 0.251 e.